The SMILES string of the molecule is CN1C=NN2c3ccccc3C=CC12. The normalized spacial score (nSPS) is 22.5. The third-order valence-electron chi connectivity index (χ3n) is 2.66. The Balaban J connectivity index is 2.13. The van der Waals surface area contributed by atoms with Crippen LogP contribution in [0.3, 0.4) is 0 Å². The first kappa shape index (κ1) is 7.62. The molecule has 2 aliphatic heterocycles. The van der Waals surface area contributed by atoms with Gasteiger partial charge in [-0.05, 0) is 17.7 Å². The van der Waals surface area contributed by atoms with Crippen molar-refractivity contribution >= 4 is 18.1 Å². The first-order valence-corrected chi connectivity index (χ1v) is 4.69. The molecule has 3 nitrogen and oxygen atoms in total. The molecule has 0 saturated carbocycles. The minimum atomic E-state index is 0.255. The number of hydrazone groups is 1. The van der Waals surface area contributed by atoms with E-state index in [-0.39, 0.29) is 6.17 Å². The van der Waals surface area contributed by atoms with Gasteiger partial charge in [-0.2, -0.15) is 5.10 Å². The summed E-state index contributed by atoms with van der Waals surface area (Å²) in [5.41, 5.74) is 2.41. The number of para-hydroxylation sites is 1. The Morgan fingerprint density at radius 2 is 2.14 bits per heavy atom. The van der Waals surface area contributed by atoms with Crippen LogP contribution < -0.4 is 5.01 Å². The van der Waals surface area contributed by atoms with E-state index in [1.54, 1.807) is 0 Å². The number of hydrogen-bond acceptors (Lipinski definition) is 3. The predicted molar refractivity (Wildman–Crippen MR) is 58.0 cm³/mol. The van der Waals surface area contributed by atoms with E-state index < -0.39 is 0 Å². The Labute approximate surface area is 82.9 Å². The van der Waals surface area contributed by atoms with Crippen LogP contribution in [-0.4, -0.2) is 24.5 Å². The predicted octanol–water partition coefficient (Wildman–Crippen LogP) is 1.73. The highest BCUT2D eigenvalue weighted by atomic mass is 15.6. The lowest BCUT2D eigenvalue weighted by Crippen LogP contribution is -2.37. The number of likely N-dealkylation sites (N-methyl/N-ethyl adjacent to an activating group) is 1. The van der Waals surface area contributed by atoms with Crippen molar-refractivity contribution in [1.82, 2.24) is 4.90 Å². The summed E-state index contributed by atoms with van der Waals surface area (Å²) in [6, 6.07) is 8.30. The molecule has 0 aromatic heterocycles. The number of fused-ring (bicyclic) bond motifs is 3. The third kappa shape index (κ3) is 0.894. The number of rotatable bonds is 0. The van der Waals surface area contributed by atoms with E-state index in [0.29, 0.717) is 0 Å². The molecule has 0 saturated heterocycles. The lowest BCUT2D eigenvalue weighted by Gasteiger charge is -2.29. The van der Waals surface area contributed by atoms with E-state index in [2.05, 4.69) is 34.3 Å². The van der Waals surface area contributed by atoms with Crippen LogP contribution in [0.15, 0.2) is 35.4 Å². The summed E-state index contributed by atoms with van der Waals surface area (Å²) in [6.07, 6.45) is 6.43. The summed E-state index contributed by atoms with van der Waals surface area (Å²) in [7, 11) is 2.03. The zero-order valence-electron chi connectivity index (χ0n) is 7.96. The van der Waals surface area contributed by atoms with Gasteiger partial charge in [0.2, 0.25) is 0 Å². The molecule has 1 aromatic carbocycles. The standard InChI is InChI=1S/C11H11N3/c1-13-8-12-14-10-5-3-2-4-9(10)6-7-11(13)14/h2-8,11H,1H3. The number of benzene rings is 1. The molecule has 1 atom stereocenters. The van der Waals surface area contributed by atoms with Crippen molar-refractivity contribution in [2.45, 2.75) is 6.17 Å². The lowest BCUT2D eigenvalue weighted by atomic mass is 10.1. The van der Waals surface area contributed by atoms with Crippen LogP contribution in [0.5, 0.6) is 0 Å². The molecule has 14 heavy (non-hydrogen) atoms. The van der Waals surface area contributed by atoms with Gasteiger partial charge in [0.1, 0.15) is 12.5 Å². The van der Waals surface area contributed by atoms with Gasteiger partial charge in [-0.15, -0.1) is 0 Å². The van der Waals surface area contributed by atoms with Gasteiger partial charge in [0, 0.05) is 7.05 Å². The molecule has 1 aromatic rings. The fourth-order valence-electron chi connectivity index (χ4n) is 1.90. The highest BCUT2D eigenvalue weighted by molar-refractivity contribution is 5.76. The molecule has 1 unspecified atom stereocenters. The summed E-state index contributed by atoms with van der Waals surface area (Å²) in [5.74, 6) is 0. The zero-order chi connectivity index (χ0) is 9.54. The van der Waals surface area contributed by atoms with Crippen LogP contribution in [0.2, 0.25) is 0 Å². The fourth-order valence-corrected chi connectivity index (χ4v) is 1.90. The van der Waals surface area contributed by atoms with E-state index in [9.17, 15) is 0 Å². The molecule has 2 heterocycles. The molecule has 0 spiro atoms. The van der Waals surface area contributed by atoms with Gasteiger partial charge in [-0.1, -0.05) is 24.3 Å². The minimum absolute atomic E-state index is 0.255. The molecule has 3 heteroatoms. The Bertz CT molecular complexity index is 422. The molecule has 0 amide bonds. The molecular formula is C11H11N3. The quantitative estimate of drug-likeness (QED) is 0.613. The van der Waals surface area contributed by atoms with Gasteiger partial charge in [0.15, 0.2) is 0 Å². The highest BCUT2D eigenvalue weighted by Crippen LogP contribution is 2.31. The minimum Gasteiger partial charge on any atom is -0.339 e. The van der Waals surface area contributed by atoms with Crippen molar-refractivity contribution in [3.8, 4) is 0 Å². The second-order valence-electron chi connectivity index (χ2n) is 3.57. The average molecular weight is 185 g/mol. The maximum Gasteiger partial charge on any atom is 0.143 e. The van der Waals surface area contributed by atoms with E-state index in [0.717, 1.165) is 0 Å². The van der Waals surface area contributed by atoms with Gasteiger partial charge >= 0.3 is 0 Å². The van der Waals surface area contributed by atoms with Gasteiger partial charge < -0.3 is 4.90 Å². The summed E-state index contributed by atoms with van der Waals surface area (Å²) < 4.78 is 0. The summed E-state index contributed by atoms with van der Waals surface area (Å²) in [6.45, 7) is 0. The van der Waals surface area contributed by atoms with Crippen molar-refractivity contribution in [3.05, 3.63) is 35.9 Å². The lowest BCUT2D eigenvalue weighted by molar-refractivity contribution is 0.458. The topological polar surface area (TPSA) is 18.8 Å². The first-order valence-electron chi connectivity index (χ1n) is 4.69. The van der Waals surface area contributed by atoms with Gasteiger partial charge in [-0.25, -0.2) is 5.01 Å². The zero-order valence-corrected chi connectivity index (χ0v) is 7.96. The molecule has 0 aliphatic carbocycles. The van der Waals surface area contributed by atoms with E-state index in [1.165, 1.54) is 11.3 Å². The largest absolute Gasteiger partial charge is 0.339 e. The van der Waals surface area contributed by atoms with Crippen molar-refractivity contribution < 1.29 is 0 Å². The maximum atomic E-state index is 4.36. The van der Waals surface area contributed by atoms with Crippen LogP contribution >= 0.6 is 0 Å². The van der Waals surface area contributed by atoms with Crippen LogP contribution in [0, 0.1) is 0 Å². The van der Waals surface area contributed by atoms with E-state index in [4.69, 9.17) is 0 Å². The van der Waals surface area contributed by atoms with Crippen molar-refractivity contribution in [2.75, 3.05) is 12.1 Å². The number of nitrogens with zero attached hydrogens (tertiary/aromatic N) is 3. The highest BCUT2D eigenvalue weighted by Gasteiger charge is 2.27. The Morgan fingerprint density at radius 1 is 1.29 bits per heavy atom. The van der Waals surface area contributed by atoms with Crippen molar-refractivity contribution in [1.29, 1.82) is 0 Å². The van der Waals surface area contributed by atoms with Crippen LogP contribution in [0.4, 0.5) is 5.69 Å². The molecular weight excluding hydrogens is 174 g/mol. The molecule has 70 valence electrons. The smallest absolute Gasteiger partial charge is 0.143 e. The van der Waals surface area contributed by atoms with Crippen molar-refractivity contribution in [3.63, 3.8) is 0 Å². The van der Waals surface area contributed by atoms with Crippen LogP contribution in [-0.2, 0) is 0 Å². The third-order valence-corrected chi connectivity index (χ3v) is 2.66. The Morgan fingerprint density at radius 3 is 3.07 bits per heavy atom. The average Bonchev–Trinajstić information content (AvgIpc) is 2.61. The Hall–Kier alpha value is -1.77. The first-order chi connectivity index (χ1) is 6.86. The second kappa shape index (κ2) is 2.61. The maximum absolute atomic E-state index is 4.36. The number of hydrogen-bond donors (Lipinski definition) is 0. The molecule has 3 rings (SSSR count). The van der Waals surface area contributed by atoms with Gasteiger partial charge in [0.25, 0.3) is 0 Å². The number of anilines is 1. The van der Waals surface area contributed by atoms with Crippen molar-refractivity contribution in [2.24, 2.45) is 5.10 Å². The van der Waals surface area contributed by atoms with Gasteiger partial charge in [0.05, 0.1) is 5.69 Å². The van der Waals surface area contributed by atoms with E-state index in [1.807, 2.05) is 30.5 Å². The monoisotopic (exact) mass is 185 g/mol. The Kier molecular flexibility index (Phi) is 1.42. The summed E-state index contributed by atoms with van der Waals surface area (Å²) in [4.78, 5) is 2.09. The molecule has 0 N–H and O–H groups in total. The molecule has 0 bridgehead atoms. The summed E-state index contributed by atoms with van der Waals surface area (Å²) >= 11 is 0. The van der Waals surface area contributed by atoms with Crippen LogP contribution in [0.25, 0.3) is 6.08 Å². The van der Waals surface area contributed by atoms with Gasteiger partial charge in [-0.3, -0.25) is 0 Å². The summed E-state index contributed by atoms with van der Waals surface area (Å²) in [5, 5.41) is 6.40. The molecule has 0 radical (unpaired) electrons. The van der Waals surface area contributed by atoms with Crippen LogP contribution in [0.1, 0.15) is 5.56 Å². The fraction of sp³-hybridized carbons (Fsp3) is 0.182. The molecule has 2 aliphatic rings. The second-order valence-corrected chi connectivity index (χ2v) is 3.57. The molecule has 0 fully saturated rings. The van der Waals surface area contributed by atoms with E-state index >= 15 is 0 Å².